The first-order chi connectivity index (χ1) is 12.1. The van der Waals surface area contributed by atoms with Gasteiger partial charge in [0.2, 0.25) is 0 Å². The molecule has 0 bridgehead atoms. The van der Waals surface area contributed by atoms with Crippen LogP contribution in [0.5, 0.6) is 0 Å². The zero-order chi connectivity index (χ0) is 17.7. The minimum atomic E-state index is -0.377. The molecule has 0 saturated carbocycles. The average Bonchev–Trinajstić information content (AvgIpc) is 3.15. The summed E-state index contributed by atoms with van der Waals surface area (Å²) in [6.07, 6.45) is 3.40. The van der Waals surface area contributed by atoms with E-state index in [2.05, 4.69) is 22.9 Å². The molecule has 2 aliphatic heterocycles. The molecule has 2 amide bonds. The van der Waals surface area contributed by atoms with Gasteiger partial charge in [0.1, 0.15) is 6.10 Å². The predicted molar refractivity (Wildman–Crippen MR) is 104 cm³/mol. The van der Waals surface area contributed by atoms with Gasteiger partial charge in [0.15, 0.2) is 0 Å². The second kappa shape index (κ2) is 9.35. The van der Waals surface area contributed by atoms with E-state index in [1.165, 1.54) is 0 Å². The summed E-state index contributed by atoms with van der Waals surface area (Å²) in [5.74, 6) is -0.245. The maximum absolute atomic E-state index is 12.5. The number of amides is 2. The largest absolute Gasteiger partial charge is 0.368 e. The van der Waals surface area contributed by atoms with Gasteiger partial charge >= 0.3 is 0 Å². The second-order valence-electron chi connectivity index (χ2n) is 7.32. The molecule has 3 N–H and O–H groups in total. The lowest BCUT2D eigenvalue weighted by atomic mass is 9.81. The van der Waals surface area contributed by atoms with Crippen LogP contribution in [0.15, 0.2) is 24.3 Å². The van der Waals surface area contributed by atoms with Gasteiger partial charge in [-0.05, 0) is 62.4 Å². The smallest absolute Gasteiger partial charge is 0.253 e. The molecule has 26 heavy (non-hydrogen) atoms. The minimum Gasteiger partial charge on any atom is -0.368 e. The number of piperidine rings is 1. The maximum Gasteiger partial charge on any atom is 0.253 e. The number of benzene rings is 1. The number of carbonyl (C=O) groups is 2. The van der Waals surface area contributed by atoms with E-state index in [1.807, 2.05) is 0 Å². The van der Waals surface area contributed by atoms with Crippen molar-refractivity contribution in [1.82, 2.24) is 10.6 Å². The van der Waals surface area contributed by atoms with Gasteiger partial charge in [-0.1, -0.05) is 13.0 Å². The van der Waals surface area contributed by atoms with E-state index in [9.17, 15) is 9.59 Å². The van der Waals surface area contributed by atoms with E-state index in [0.717, 1.165) is 38.8 Å². The van der Waals surface area contributed by atoms with Gasteiger partial charge < -0.3 is 20.7 Å². The summed E-state index contributed by atoms with van der Waals surface area (Å²) in [4.78, 5) is 24.6. The van der Waals surface area contributed by atoms with Crippen molar-refractivity contribution in [2.45, 2.75) is 38.7 Å². The van der Waals surface area contributed by atoms with Crippen LogP contribution in [0, 0.1) is 5.41 Å². The van der Waals surface area contributed by atoms with Crippen molar-refractivity contribution in [2.24, 2.45) is 5.41 Å². The molecule has 2 aliphatic rings. The summed E-state index contributed by atoms with van der Waals surface area (Å²) < 4.78 is 5.39. The van der Waals surface area contributed by atoms with E-state index in [-0.39, 0.29) is 35.7 Å². The van der Waals surface area contributed by atoms with Gasteiger partial charge in [0, 0.05) is 24.4 Å². The SMILES string of the molecule is CC1(CNC(=O)c2cccc(NC(=O)C3CCCO3)c2)CCNCC1.Cl. The highest BCUT2D eigenvalue weighted by atomic mass is 35.5. The Kier molecular flexibility index (Phi) is 7.43. The Morgan fingerprint density at radius 2 is 2.08 bits per heavy atom. The first-order valence-corrected chi connectivity index (χ1v) is 9.07. The Hall–Kier alpha value is -1.63. The Bertz CT molecular complexity index is 626. The quantitative estimate of drug-likeness (QED) is 0.731. The number of halogens is 1. The van der Waals surface area contributed by atoms with Gasteiger partial charge in [-0.3, -0.25) is 9.59 Å². The standard InChI is InChI=1S/C19H27N3O3.ClH/c1-19(7-9-20-10-8-19)13-21-17(23)14-4-2-5-15(12-14)22-18(24)16-6-3-11-25-16;/h2,4-5,12,16,20H,3,6-11,13H2,1H3,(H,21,23)(H,22,24);1H. The number of hydrogen-bond donors (Lipinski definition) is 3. The molecule has 144 valence electrons. The molecule has 0 radical (unpaired) electrons. The van der Waals surface area contributed by atoms with Crippen molar-refractivity contribution < 1.29 is 14.3 Å². The zero-order valence-corrected chi connectivity index (χ0v) is 16.0. The molecule has 1 atom stereocenters. The summed E-state index contributed by atoms with van der Waals surface area (Å²) in [5, 5.41) is 9.23. The number of anilines is 1. The van der Waals surface area contributed by atoms with Crippen LogP contribution in [0.4, 0.5) is 5.69 Å². The van der Waals surface area contributed by atoms with Gasteiger partial charge in [0.05, 0.1) is 0 Å². The summed E-state index contributed by atoms with van der Waals surface area (Å²) in [6, 6.07) is 7.05. The van der Waals surface area contributed by atoms with Crippen LogP contribution in [0.1, 0.15) is 43.0 Å². The van der Waals surface area contributed by atoms with E-state index in [0.29, 0.717) is 24.4 Å². The molecule has 7 heteroatoms. The van der Waals surface area contributed by atoms with Crippen molar-refractivity contribution in [3.8, 4) is 0 Å². The van der Waals surface area contributed by atoms with Crippen LogP contribution in [0.3, 0.4) is 0 Å². The Morgan fingerprint density at radius 1 is 1.31 bits per heavy atom. The van der Waals surface area contributed by atoms with Crippen molar-refractivity contribution in [1.29, 1.82) is 0 Å². The molecule has 2 saturated heterocycles. The Morgan fingerprint density at radius 3 is 2.77 bits per heavy atom. The minimum absolute atomic E-state index is 0. The zero-order valence-electron chi connectivity index (χ0n) is 15.2. The van der Waals surface area contributed by atoms with Crippen molar-refractivity contribution in [3.05, 3.63) is 29.8 Å². The third-order valence-electron chi connectivity index (χ3n) is 5.10. The van der Waals surface area contributed by atoms with Crippen LogP contribution < -0.4 is 16.0 Å². The van der Waals surface area contributed by atoms with E-state index >= 15 is 0 Å². The van der Waals surface area contributed by atoms with Crippen LogP contribution in [-0.2, 0) is 9.53 Å². The number of carbonyl (C=O) groups excluding carboxylic acids is 2. The molecule has 1 aromatic rings. The molecular weight excluding hydrogens is 354 g/mol. The van der Waals surface area contributed by atoms with Gasteiger partial charge in [0.25, 0.3) is 11.8 Å². The molecule has 0 aliphatic carbocycles. The third kappa shape index (κ3) is 5.43. The van der Waals surface area contributed by atoms with E-state index < -0.39 is 0 Å². The van der Waals surface area contributed by atoms with Crippen LogP contribution in [-0.4, -0.2) is 44.2 Å². The summed E-state index contributed by atoms with van der Waals surface area (Å²) in [6.45, 7) is 5.51. The van der Waals surface area contributed by atoms with Crippen LogP contribution >= 0.6 is 12.4 Å². The number of ether oxygens (including phenoxy) is 1. The van der Waals surface area contributed by atoms with Gasteiger partial charge in [-0.2, -0.15) is 0 Å². The van der Waals surface area contributed by atoms with E-state index in [4.69, 9.17) is 4.74 Å². The molecule has 3 rings (SSSR count). The molecule has 1 unspecified atom stereocenters. The molecular formula is C19H28ClN3O3. The molecule has 0 spiro atoms. The first-order valence-electron chi connectivity index (χ1n) is 9.07. The Balaban J connectivity index is 0.00000243. The Labute approximate surface area is 160 Å². The number of rotatable bonds is 5. The van der Waals surface area contributed by atoms with Gasteiger partial charge in [-0.25, -0.2) is 0 Å². The molecule has 6 nitrogen and oxygen atoms in total. The fourth-order valence-electron chi connectivity index (χ4n) is 3.35. The summed E-state index contributed by atoms with van der Waals surface area (Å²) in [7, 11) is 0. The van der Waals surface area contributed by atoms with Crippen molar-refractivity contribution >= 4 is 29.9 Å². The lowest BCUT2D eigenvalue weighted by Gasteiger charge is -2.34. The molecule has 2 heterocycles. The highest BCUT2D eigenvalue weighted by Gasteiger charge is 2.27. The number of hydrogen-bond acceptors (Lipinski definition) is 4. The average molecular weight is 382 g/mol. The topological polar surface area (TPSA) is 79.5 Å². The fraction of sp³-hybridized carbons (Fsp3) is 0.579. The van der Waals surface area contributed by atoms with Crippen LogP contribution in [0.2, 0.25) is 0 Å². The molecule has 2 fully saturated rings. The summed E-state index contributed by atoms with van der Waals surface area (Å²) in [5.41, 5.74) is 1.33. The number of nitrogens with one attached hydrogen (secondary N) is 3. The molecule has 0 aromatic heterocycles. The predicted octanol–water partition coefficient (Wildman–Crippen LogP) is 2.35. The monoisotopic (exact) mass is 381 g/mol. The third-order valence-corrected chi connectivity index (χ3v) is 5.10. The normalized spacial score (nSPS) is 21.5. The lowest BCUT2D eigenvalue weighted by molar-refractivity contribution is -0.124. The first kappa shape index (κ1) is 20.7. The second-order valence-corrected chi connectivity index (χ2v) is 7.32. The maximum atomic E-state index is 12.5. The molecule has 1 aromatic carbocycles. The van der Waals surface area contributed by atoms with Crippen molar-refractivity contribution in [2.75, 3.05) is 31.6 Å². The van der Waals surface area contributed by atoms with Crippen molar-refractivity contribution in [3.63, 3.8) is 0 Å². The summed E-state index contributed by atoms with van der Waals surface area (Å²) >= 11 is 0. The van der Waals surface area contributed by atoms with E-state index in [1.54, 1.807) is 24.3 Å². The highest BCUT2D eigenvalue weighted by molar-refractivity contribution is 5.98. The lowest BCUT2D eigenvalue weighted by Crippen LogP contribution is -2.42. The highest BCUT2D eigenvalue weighted by Crippen LogP contribution is 2.26. The van der Waals surface area contributed by atoms with Gasteiger partial charge in [-0.15, -0.1) is 12.4 Å². The fourth-order valence-corrected chi connectivity index (χ4v) is 3.35. The van der Waals surface area contributed by atoms with Crippen LogP contribution in [0.25, 0.3) is 0 Å².